The lowest BCUT2D eigenvalue weighted by molar-refractivity contribution is 0.475. The first-order chi connectivity index (χ1) is 28.6. The summed E-state index contributed by atoms with van der Waals surface area (Å²) in [5.41, 5.74) is 11.5. The largest absolute Gasteiger partial charge is 0.508 e. The molecule has 0 fully saturated rings. The quantitative estimate of drug-likeness (QED) is 0.179. The van der Waals surface area contributed by atoms with Crippen LogP contribution in [0.1, 0.15) is 22.3 Å². The van der Waals surface area contributed by atoms with Gasteiger partial charge in [-0.25, -0.2) is 0 Å². The van der Waals surface area contributed by atoms with Gasteiger partial charge in [0.1, 0.15) is 5.75 Å². The molecule has 1 aliphatic rings. The van der Waals surface area contributed by atoms with Crippen molar-refractivity contribution in [3.05, 3.63) is 222 Å². The highest BCUT2D eigenvalue weighted by molar-refractivity contribution is 6.26. The van der Waals surface area contributed by atoms with Crippen molar-refractivity contribution in [1.82, 2.24) is 0 Å². The molecular formula is C57H34O. The highest BCUT2D eigenvalue weighted by Gasteiger charge is 2.46. The van der Waals surface area contributed by atoms with Crippen molar-refractivity contribution in [2.45, 2.75) is 5.41 Å². The second kappa shape index (κ2) is 11.5. The lowest BCUT2D eigenvalue weighted by Gasteiger charge is -2.34. The predicted molar refractivity (Wildman–Crippen MR) is 244 cm³/mol. The van der Waals surface area contributed by atoms with Crippen molar-refractivity contribution < 1.29 is 5.11 Å². The number of hydrogen-bond donors (Lipinski definition) is 1. The standard InChI is InChI=1S/C57H34O/c58-44-24-22-43(23-25-44)57(42-10-2-1-3-11-42)51-32-40(45-26-16-38-14-12-34-6-4-8-36-18-30-49(45)55(38)53(34)36)20-28-47(51)48-29-21-41(33-52(48)57)46-27-17-39-15-13-35-7-5-9-37-19-31-50(46)56(39)54(35)37/h1-33,58H. The number of phenols is 1. The molecule has 0 unspecified atom stereocenters. The third-order valence-corrected chi connectivity index (χ3v) is 13.3. The minimum atomic E-state index is -0.654. The van der Waals surface area contributed by atoms with E-state index in [0.717, 1.165) is 5.56 Å². The summed E-state index contributed by atoms with van der Waals surface area (Å²) in [6.07, 6.45) is 0. The predicted octanol–water partition coefficient (Wildman–Crippen LogP) is 14.9. The lowest BCUT2D eigenvalue weighted by Crippen LogP contribution is -2.28. The van der Waals surface area contributed by atoms with Crippen LogP contribution in [0.25, 0.3) is 98.0 Å². The van der Waals surface area contributed by atoms with Gasteiger partial charge in [-0.2, -0.15) is 0 Å². The molecule has 0 atom stereocenters. The Balaban J connectivity index is 1.10. The molecule has 0 amide bonds. The second-order valence-electron chi connectivity index (χ2n) is 16.1. The van der Waals surface area contributed by atoms with Gasteiger partial charge in [0.2, 0.25) is 0 Å². The molecule has 268 valence electrons. The third kappa shape index (κ3) is 4.15. The Morgan fingerprint density at radius 1 is 0.293 bits per heavy atom. The number of phenolic OH excluding ortho intramolecular Hbond substituents is 1. The fourth-order valence-corrected chi connectivity index (χ4v) is 10.8. The van der Waals surface area contributed by atoms with E-state index in [2.05, 4.69) is 188 Å². The Morgan fingerprint density at radius 2 is 0.690 bits per heavy atom. The van der Waals surface area contributed by atoms with Crippen LogP contribution in [0.4, 0.5) is 0 Å². The van der Waals surface area contributed by atoms with Gasteiger partial charge in [-0.15, -0.1) is 0 Å². The summed E-state index contributed by atoms with van der Waals surface area (Å²) in [7, 11) is 0. The van der Waals surface area contributed by atoms with E-state index in [-0.39, 0.29) is 5.75 Å². The summed E-state index contributed by atoms with van der Waals surface area (Å²) < 4.78 is 0. The van der Waals surface area contributed by atoms with E-state index < -0.39 is 5.41 Å². The Bertz CT molecular complexity index is 3380. The molecule has 13 rings (SSSR count). The van der Waals surface area contributed by atoms with E-state index in [4.69, 9.17) is 0 Å². The first-order valence-corrected chi connectivity index (χ1v) is 20.1. The molecule has 0 aliphatic heterocycles. The van der Waals surface area contributed by atoms with Gasteiger partial charge in [0.15, 0.2) is 0 Å². The van der Waals surface area contributed by atoms with E-state index in [1.165, 1.54) is 115 Å². The van der Waals surface area contributed by atoms with Crippen LogP contribution in [0.2, 0.25) is 0 Å². The molecule has 1 heteroatoms. The van der Waals surface area contributed by atoms with Gasteiger partial charge in [-0.05, 0) is 145 Å². The summed E-state index contributed by atoms with van der Waals surface area (Å²) in [6.45, 7) is 0. The van der Waals surface area contributed by atoms with Crippen molar-refractivity contribution >= 4 is 64.6 Å². The summed E-state index contributed by atoms with van der Waals surface area (Å²) in [5, 5.41) is 26.1. The highest BCUT2D eigenvalue weighted by Crippen LogP contribution is 2.58. The fourth-order valence-electron chi connectivity index (χ4n) is 10.8. The molecule has 1 aliphatic carbocycles. The monoisotopic (exact) mass is 734 g/mol. The van der Waals surface area contributed by atoms with Crippen LogP contribution in [0.5, 0.6) is 5.75 Å². The van der Waals surface area contributed by atoms with Crippen LogP contribution in [0.15, 0.2) is 200 Å². The van der Waals surface area contributed by atoms with Crippen LogP contribution >= 0.6 is 0 Å². The topological polar surface area (TPSA) is 20.2 Å². The SMILES string of the molecule is Oc1ccc(C2(c3ccccc3)c3cc(-c4ccc5ccc6cccc7ccc4c5c67)ccc3-c3ccc(-c4ccc5ccc6cccc7ccc4c5c67)cc32)cc1. The minimum Gasteiger partial charge on any atom is -0.508 e. The van der Waals surface area contributed by atoms with Crippen molar-refractivity contribution in [2.24, 2.45) is 0 Å². The third-order valence-electron chi connectivity index (χ3n) is 13.3. The second-order valence-corrected chi connectivity index (χ2v) is 16.1. The van der Waals surface area contributed by atoms with Gasteiger partial charge in [0.25, 0.3) is 0 Å². The van der Waals surface area contributed by atoms with Gasteiger partial charge in [0, 0.05) is 0 Å². The smallest absolute Gasteiger partial charge is 0.115 e. The summed E-state index contributed by atoms with van der Waals surface area (Å²) in [4.78, 5) is 0. The maximum atomic E-state index is 10.7. The van der Waals surface area contributed by atoms with E-state index in [1.54, 1.807) is 0 Å². The molecule has 0 bridgehead atoms. The van der Waals surface area contributed by atoms with E-state index >= 15 is 0 Å². The number of rotatable bonds is 4. The summed E-state index contributed by atoms with van der Waals surface area (Å²) in [6, 6.07) is 73.8. The van der Waals surface area contributed by atoms with Crippen molar-refractivity contribution in [1.29, 1.82) is 0 Å². The van der Waals surface area contributed by atoms with Crippen molar-refractivity contribution in [2.75, 3.05) is 0 Å². The van der Waals surface area contributed by atoms with Gasteiger partial charge >= 0.3 is 0 Å². The zero-order chi connectivity index (χ0) is 38.1. The molecule has 0 aromatic heterocycles. The van der Waals surface area contributed by atoms with E-state index in [0.29, 0.717) is 0 Å². The average molecular weight is 735 g/mol. The van der Waals surface area contributed by atoms with Gasteiger partial charge < -0.3 is 5.11 Å². The van der Waals surface area contributed by atoms with E-state index in [1.807, 2.05) is 12.1 Å². The van der Waals surface area contributed by atoms with Gasteiger partial charge in [-0.3, -0.25) is 0 Å². The zero-order valence-corrected chi connectivity index (χ0v) is 31.5. The average Bonchev–Trinajstić information content (AvgIpc) is 3.57. The molecule has 0 radical (unpaired) electrons. The molecule has 58 heavy (non-hydrogen) atoms. The Hall–Kier alpha value is -7.48. The number of benzene rings is 12. The Kier molecular flexibility index (Phi) is 6.30. The van der Waals surface area contributed by atoms with E-state index in [9.17, 15) is 5.11 Å². The zero-order valence-electron chi connectivity index (χ0n) is 31.5. The normalized spacial score (nSPS) is 13.4. The molecule has 0 saturated carbocycles. The maximum Gasteiger partial charge on any atom is 0.115 e. The fraction of sp³-hybridized carbons (Fsp3) is 0.0175. The molecule has 0 saturated heterocycles. The van der Waals surface area contributed by atoms with Crippen LogP contribution in [0, 0.1) is 0 Å². The highest BCUT2D eigenvalue weighted by atomic mass is 16.3. The molecule has 0 spiro atoms. The van der Waals surface area contributed by atoms with Gasteiger partial charge in [-0.1, -0.05) is 176 Å². The van der Waals surface area contributed by atoms with Crippen LogP contribution in [-0.2, 0) is 5.41 Å². The summed E-state index contributed by atoms with van der Waals surface area (Å²) in [5.74, 6) is 0.259. The van der Waals surface area contributed by atoms with Crippen molar-refractivity contribution in [3.8, 4) is 39.1 Å². The minimum absolute atomic E-state index is 0.259. The lowest BCUT2D eigenvalue weighted by atomic mass is 9.67. The van der Waals surface area contributed by atoms with Crippen LogP contribution in [0.3, 0.4) is 0 Å². The van der Waals surface area contributed by atoms with Crippen LogP contribution < -0.4 is 0 Å². The summed E-state index contributed by atoms with van der Waals surface area (Å²) >= 11 is 0. The van der Waals surface area contributed by atoms with Crippen molar-refractivity contribution in [3.63, 3.8) is 0 Å². The number of aromatic hydroxyl groups is 1. The Morgan fingerprint density at radius 3 is 1.17 bits per heavy atom. The Labute approximate surface area is 335 Å². The molecule has 12 aromatic rings. The van der Waals surface area contributed by atoms with Crippen LogP contribution in [-0.4, -0.2) is 5.11 Å². The molecule has 0 heterocycles. The first kappa shape index (κ1) is 31.7. The number of hydrogen-bond acceptors (Lipinski definition) is 1. The molecule has 12 aromatic carbocycles. The first-order valence-electron chi connectivity index (χ1n) is 20.1. The van der Waals surface area contributed by atoms with Gasteiger partial charge in [0.05, 0.1) is 5.41 Å². The number of fused-ring (bicyclic) bond motifs is 3. The molecule has 1 nitrogen and oxygen atoms in total. The molecule has 1 N–H and O–H groups in total. The molecular weight excluding hydrogens is 701 g/mol. The maximum absolute atomic E-state index is 10.7.